The topological polar surface area (TPSA) is 68.0 Å². The summed E-state index contributed by atoms with van der Waals surface area (Å²) in [6, 6.07) is 5.64. The molecular formula is C12H20N2O3. The molecule has 0 fully saturated rings. The Morgan fingerprint density at radius 2 is 2.00 bits per heavy atom. The number of nitrogens with two attached hydrogens (primary N) is 1. The lowest BCUT2D eigenvalue weighted by atomic mass is 10.2. The normalized spacial score (nSPS) is 10.3. The molecule has 0 aromatic heterocycles. The monoisotopic (exact) mass is 240 g/mol. The lowest BCUT2D eigenvalue weighted by Crippen LogP contribution is -2.12. The van der Waals surface area contributed by atoms with Crippen molar-refractivity contribution in [3.8, 4) is 5.75 Å². The highest BCUT2D eigenvalue weighted by Gasteiger charge is 2.03. The molecule has 0 spiro atoms. The molecule has 0 amide bonds. The minimum absolute atomic E-state index is 0.0260. The van der Waals surface area contributed by atoms with E-state index in [1.54, 1.807) is 0 Å². The maximum atomic E-state index is 8.53. The Labute approximate surface area is 102 Å². The molecule has 1 aromatic rings. The molecule has 0 saturated carbocycles. The molecule has 1 rings (SSSR count). The van der Waals surface area contributed by atoms with E-state index in [1.807, 2.05) is 37.2 Å². The van der Waals surface area contributed by atoms with Crippen molar-refractivity contribution < 1.29 is 14.6 Å². The first kappa shape index (κ1) is 13.6. The zero-order valence-electron chi connectivity index (χ0n) is 10.3. The number of hydrogen-bond donors (Lipinski definition) is 2. The molecule has 0 aliphatic heterocycles. The Hall–Kier alpha value is -1.46. The zero-order valence-corrected chi connectivity index (χ0v) is 10.3. The predicted octanol–water partition coefficient (Wildman–Crippen LogP) is 0.722. The largest absolute Gasteiger partial charge is 0.489 e. The van der Waals surface area contributed by atoms with Crippen LogP contribution in [0, 0.1) is 0 Å². The van der Waals surface area contributed by atoms with Crippen LogP contribution in [0.25, 0.3) is 0 Å². The number of nitrogen functional groups attached to an aromatic ring is 1. The highest BCUT2D eigenvalue weighted by Crippen LogP contribution is 2.26. The second kappa shape index (κ2) is 6.98. The molecule has 96 valence electrons. The summed E-state index contributed by atoms with van der Waals surface area (Å²) in [5.74, 6) is 0.656. The lowest BCUT2D eigenvalue weighted by Gasteiger charge is -2.15. The molecule has 0 unspecified atom stereocenters. The van der Waals surface area contributed by atoms with Gasteiger partial charge in [0.2, 0.25) is 0 Å². The molecule has 0 bridgehead atoms. The summed E-state index contributed by atoms with van der Waals surface area (Å²) in [5.41, 5.74) is 7.45. The van der Waals surface area contributed by atoms with Crippen molar-refractivity contribution in [3.05, 3.63) is 18.2 Å². The molecule has 0 radical (unpaired) electrons. The average molecular weight is 240 g/mol. The Morgan fingerprint density at radius 1 is 1.24 bits per heavy atom. The summed E-state index contributed by atoms with van der Waals surface area (Å²) in [6.45, 7) is 1.21. The van der Waals surface area contributed by atoms with E-state index in [-0.39, 0.29) is 6.61 Å². The van der Waals surface area contributed by atoms with Crippen LogP contribution in [0.1, 0.15) is 0 Å². The smallest absolute Gasteiger partial charge is 0.144 e. The van der Waals surface area contributed by atoms with Crippen molar-refractivity contribution >= 4 is 11.4 Å². The Bertz CT molecular complexity index is 343. The molecule has 17 heavy (non-hydrogen) atoms. The highest BCUT2D eigenvalue weighted by atomic mass is 16.5. The van der Waals surface area contributed by atoms with E-state index in [2.05, 4.69) is 0 Å². The van der Waals surface area contributed by atoms with Gasteiger partial charge in [-0.15, -0.1) is 0 Å². The van der Waals surface area contributed by atoms with E-state index in [0.717, 1.165) is 5.69 Å². The molecule has 0 aliphatic rings. The molecule has 3 N–H and O–H groups in total. The van der Waals surface area contributed by atoms with Crippen molar-refractivity contribution in [1.29, 1.82) is 0 Å². The number of hydrogen-bond acceptors (Lipinski definition) is 5. The maximum Gasteiger partial charge on any atom is 0.144 e. The number of benzene rings is 1. The van der Waals surface area contributed by atoms with Gasteiger partial charge in [-0.25, -0.2) is 0 Å². The Balaban J connectivity index is 2.49. The standard InChI is InChI=1S/C12H20N2O3/c1-14(2)10-3-4-11(13)12(9-10)17-8-7-16-6-5-15/h3-4,9,15H,5-8,13H2,1-2H3. The van der Waals surface area contributed by atoms with Crippen LogP contribution in [0.5, 0.6) is 5.75 Å². The van der Waals surface area contributed by atoms with Crippen LogP contribution < -0.4 is 15.4 Å². The van der Waals surface area contributed by atoms with Crippen LogP contribution >= 0.6 is 0 Å². The van der Waals surface area contributed by atoms with Crippen LogP contribution in [0.2, 0.25) is 0 Å². The van der Waals surface area contributed by atoms with Gasteiger partial charge in [-0.1, -0.05) is 0 Å². The highest BCUT2D eigenvalue weighted by molar-refractivity contribution is 5.61. The summed E-state index contributed by atoms with van der Waals surface area (Å²) in [4.78, 5) is 1.98. The number of anilines is 2. The molecule has 5 heteroatoms. The van der Waals surface area contributed by atoms with E-state index in [1.165, 1.54) is 0 Å². The molecule has 0 atom stereocenters. The third-order valence-corrected chi connectivity index (χ3v) is 2.23. The van der Waals surface area contributed by atoms with Crippen molar-refractivity contribution in [2.24, 2.45) is 0 Å². The molecule has 1 aromatic carbocycles. The van der Waals surface area contributed by atoms with Crippen molar-refractivity contribution in [2.75, 3.05) is 51.2 Å². The van der Waals surface area contributed by atoms with Crippen molar-refractivity contribution in [3.63, 3.8) is 0 Å². The summed E-state index contributed by atoms with van der Waals surface area (Å²) < 4.78 is 10.6. The predicted molar refractivity (Wildman–Crippen MR) is 68.6 cm³/mol. The van der Waals surface area contributed by atoms with Crippen LogP contribution in [-0.4, -0.2) is 45.6 Å². The fraction of sp³-hybridized carbons (Fsp3) is 0.500. The van der Waals surface area contributed by atoms with Gasteiger partial charge in [-0.2, -0.15) is 0 Å². The van der Waals surface area contributed by atoms with Crippen molar-refractivity contribution in [1.82, 2.24) is 0 Å². The van der Waals surface area contributed by atoms with Gasteiger partial charge in [0.15, 0.2) is 0 Å². The number of rotatable bonds is 7. The van der Waals surface area contributed by atoms with Gasteiger partial charge in [0.05, 0.1) is 25.5 Å². The number of ether oxygens (including phenoxy) is 2. The molecule has 0 heterocycles. The van der Waals surface area contributed by atoms with E-state index in [9.17, 15) is 0 Å². The quantitative estimate of drug-likeness (QED) is 0.543. The van der Waals surface area contributed by atoms with Gasteiger partial charge in [-0.05, 0) is 12.1 Å². The first-order valence-electron chi connectivity index (χ1n) is 5.53. The Kier molecular flexibility index (Phi) is 5.59. The minimum atomic E-state index is 0.0260. The Morgan fingerprint density at radius 3 is 2.65 bits per heavy atom. The summed E-state index contributed by atoms with van der Waals surface area (Å²) >= 11 is 0. The van der Waals surface area contributed by atoms with Crippen LogP contribution in [0.3, 0.4) is 0 Å². The van der Waals surface area contributed by atoms with Gasteiger partial charge < -0.3 is 25.2 Å². The van der Waals surface area contributed by atoms with Crippen LogP contribution in [0.15, 0.2) is 18.2 Å². The molecule has 0 aliphatic carbocycles. The fourth-order valence-electron chi connectivity index (χ4n) is 1.30. The van der Waals surface area contributed by atoms with Gasteiger partial charge in [0.25, 0.3) is 0 Å². The first-order chi connectivity index (χ1) is 8.15. The SMILES string of the molecule is CN(C)c1ccc(N)c(OCCOCCO)c1. The molecular weight excluding hydrogens is 220 g/mol. The van der Waals surface area contributed by atoms with Gasteiger partial charge in [-0.3, -0.25) is 0 Å². The van der Waals surface area contributed by atoms with Gasteiger partial charge in [0, 0.05) is 25.8 Å². The molecule has 5 nitrogen and oxygen atoms in total. The number of aliphatic hydroxyl groups excluding tert-OH is 1. The fourth-order valence-corrected chi connectivity index (χ4v) is 1.30. The van der Waals surface area contributed by atoms with E-state index < -0.39 is 0 Å². The summed E-state index contributed by atoms with van der Waals surface area (Å²) in [5, 5.41) is 8.53. The second-order valence-corrected chi connectivity index (χ2v) is 3.80. The molecule has 0 saturated heterocycles. The first-order valence-corrected chi connectivity index (χ1v) is 5.53. The maximum absolute atomic E-state index is 8.53. The van der Waals surface area contributed by atoms with E-state index in [4.69, 9.17) is 20.3 Å². The van der Waals surface area contributed by atoms with Crippen LogP contribution in [-0.2, 0) is 4.74 Å². The van der Waals surface area contributed by atoms with Gasteiger partial charge in [0.1, 0.15) is 12.4 Å². The minimum Gasteiger partial charge on any atom is -0.489 e. The van der Waals surface area contributed by atoms with E-state index >= 15 is 0 Å². The zero-order chi connectivity index (χ0) is 12.7. The average Bonchev–Trinajstić information content (AvgIpc) is 2.30. The third-order valence-electron chi connectivity index (χ3n) is 2.23. The number of nitrogens with zero attached hydrogens (tertiary/aromatic N) is 1. The third kappa shape index (κ3) is 4.50. The van der Waals surface area contributed by atoms with Crippen molar-refractivity contribution in [2.45, 2.75) is 0 Å². The van der Waals surface area contributed by atoms with Gasteiger partial charge >= 0.3 is 0 Å². The summed E-state index contributed by atoms with van der Waals surface area (Å²) in [7, 11) is 3.92. The number of aliphatic hydroxyl groups is 1. The van der Waals surface area contributed by atoms with E-state index in [0.29, 0.717) is 31.3 Å². The lowest BCUT2D eigenvalue weighted by molar-refractivity contribution is 0.0707. The summed E-state index contributed by atoms with van der Waals surface area (Å²) in [6.07, 6.45) is 0. The second-order valence-electron chi connectivity index (χ2n) is 3.80. The van der Waals surface area contributed by atoms with Crippen LogP contribution in [0.4, 0.5) is 11.4 Å².